The van der Waals surface area contributed by atoms with Crippen LogP contribution < -0.4 is 5.32 Å². The highest BCUT2D eigenvalue weighted by atomic mass is 15.2. The molecule has 0 amide bonds. The molecule has 0 aromatic carbocycles. The Kier molecular flexibility index (Phi) is 5.53. The molecule has 0 aliphatic carbocycles. The first-order valence-corrected chi connectivity index (χ1v) is 6.31. The summed E-state index contributed by atoms with van der Waals surface area (Å²) in [6.45, 7) is 4.59. The molecule has 1 rings (SSSR count). The summed E-state index contributed by atoms with van der Waals surface area (Å²) >= 11 is 0. The summed E-state index contributed by atoms with van der Waals surface area (Å²) < 4.78 is 1.97. The number of hydrogen-bond donors (Lipinski definition) is 1. The van der Waals surface area contributed by atoms with E-state index in [9.17, 15) is 0 Å². The fraction of sp³-hybridized carbons (Fsp3) is 0.769. The molecule has 0 aliphatic heterocycles. The summed E-state index contributed by atoms with van der Waals surface area (Å²) in [5.74, 6) is 0.809. The molecule has 3 nitrogen and oxygen atoms in total. The van der Waals surface area contributed by atoms with Crippen LogP contribution in [0.2, 0.25) is 0 Å². The van der Waals surface area contributed by atoms with Gasteiger partial charge in [0.2, 0.25) is 0 Å². The van der Waals surface area contributed by atoms with Gasteiger partial charge in [-0.25, -0.2) is 0 Å². The molecule has 1 aromatic heterocycles. The third-order valence-electron chi connectivity index (χ3n) is 3.46. The summed E-state index contributed by atoms with van der Waals surface area (Å²) in [5.41, 5.74) is 1.32. The number of aryl methyl sites for hydroxylation is 2. The highest BCUT2D eigenvalue weighted by molar-refractivity contribution is 5.00. The van der Waals surface area contributed by atoms with Crippen molar-refractivity contribution in [2.75, 3.05) is 7.05 Å². The second-order valence-electron chi connectivity index (χ2n) is 4.72. The zero-order chi connectivity index (χ0) is 12.0. The van der Waals surface area contributed by atoms with Gasteiger partial charge >= 0.3 is 0 Å². The van der Waals surface area contributed by atoms with Crippen LogP contribution in [0.1, 0.15) is 38.8 Å². The molecule has 1 aromatic rings. The van der Waals surface area contributed by atoms with Crippen molar-refractivity contribution in [1.82, 2.24) is 15.1 Å². The summed E-state index contributed by atoms with van der Waals surface area (Å²) in [7, 11) is 4.08. The van der Waals surface area contributed by atoms with Gasteiger partial charge in [0, 0.05) is 25.0 Å². The summed E-state index contributed by atoms with van der Waals surface area (Å²) in [4.78, 5) is 0. The Hall–Kier alpha value is -0.830. The Balaban J connectivity index is 2.37. The largest absolute Gasteiger partial charge is 0.317 e. The molecule has 0 spiro atoms. The minimum absolute atomic E-state index is 0.629. The standard InChI is InChI=1S/C13H25N3/c1-5-11(2)10-12(14-3)6-7-13-8-9-15-16(13)4/h8-9,11-12,14H,5-7,10H2,1-4H3. The highest BCUT2D eigenvalue weighted by Crippen LogP contribution is 2.14. The lowest BCUT2D eigenvalue weighted by atomic mass is 9.96. The van der Waals surface area contributed by atoms with E-state index in [1.165, 1.54) is 25.0 Å². The molecule has 0 fully saturated rings. The van der Waals surface area contributed by atoms with Gasteiger partial charge in [0.05, 0.1) is 0 Å². The lowest BCUT2D eigenvalue weighted by molar-refractivity contribution is 0.393. The normalized spacial score (nSPS) is 15.0. The summed E-state index contributed by atoms with van der Waals surface area (Å²) in [5, 5.41) is 7.61. The van der Waals surface area contributed by atoms with Crippen LogP contribution in [0.4, 0.5) is 0 Å². The molecule has 1 heterocycles. The van der Waals surface area contributed by atoms with E-state index in [1.807, 2.05) is 17.9 Å². The average molecular weight is 223 g/mol. The topological polar surface area (TPSA) is 29.9 Å². The van der Waals surface area contributed by atoms with Gasteiger partial charge in [0.15, 0.2) is 0 Å². The molecule has 0 aliphatic rings. The van der Waals surface area contributed by atoms with Crippen molar-refractivity contribution in [3.8, 4) is 0 Å². The van der Waals surface area contributed by atoms with Gasteiger partial charge < -0.3 is 5.32 Å². The van der Waals surface area contributed by atoms with Gasteiger partial charge in [0.1, 0.15) is 0 Å². The van der Waals surface area contributed by atoms with E-state index in [0.29, 0.717) is 6.04 Å². The molecular formula is C13H25N3. The minimum Gasteiger partial charge on any atom is -0.317 e. The van der Waals surface area contributed by atoms with E-state index in [0.717, 1.165) is 12.3 Å². The van der Waals surface area contributed by atoms with Crippen molar-refractivity contribution in [3.05, 3.63) is 18.0 Å². The van der Waals surface area contributed by atoms with E-state index in [2.05, 4.69) is 37.4 Å². The summed E-state index contributed by atoms with van der Waals surface area (Å²) in [6.07, 6.45) is 6.71. The van der Waals surface area contributed by atoms with E-state index < -0.39 is 0 Å². The van der Waals surface area contributed by atoms with Crippen molar-refractivity contribution in [3.63, 3.8) is 0 Å². The first-order chi connectivity index (χ1) is 7.67. The third-order valence-corrected chi connectivity index (χ3v) is 3.46. The van der Waals surface area contributed by atoms with Crippen molar-refractivity contribution < 1.29 is 0 Å². The number of rotatable bonds is 7. The molecule has 0 saturated carbocycles. The maximum Gasteiger partial charge on any atom is 0.0492 e. The number of aromatic nitrogens is 2. The smallest absolute Gasteiger partial charge is 0.0492 e. The zero-order valence-electron chi connectivity index (χ0n) is 11.0. The highest BCUT2D eigenvalue weighted by Gasteiger charge is 2.11. The Morgan fingerprint density at radius 1 is 1.50 bits per heavy atom. The Morgan fingerprint density at radius 3 is 2.75 bits per heavy atom. The zero-order valence-corrected chi connectivity index (χ0v) is 11.0. The van der Waals surface area contributed by atoms with E-state index in [1.54, 1.807) is 0 Å². The lowest BCUT2D eigenvalue weighted by Crippen LogP contribution is -2.28. The Bertz CT molecular complexity index is 293. The van der Waals surface area contributed by atoms with Crippen LogP contribution in [0.25, 0.3) is 0 Å². The van der Waals surface area contributed by atoms with Crippen LogP contribution >= 0.6 is 0 Å². The summed E-state index contributed by atoms with van der Waals surface area (Å²) in [6, 6.07) is 2.74. The molecule has 0 bridgehead atoms. The number of nitrogens with one attached hydrogen (secondary N) is 1. The van der Waals surface area contributed by atoms with E-state index >= 15 is 0 Å². The van der Waals surface area contributed by atoms with Crippen molar-refractivity contribution in [2.45, 2.75) is 45.6 Å². The average Bonchev–Trinajstić information content (AvgIpc) is 2.69. The van der Waals surface area contributed by atoms with E-state index in [-0.39, 0.29) is 0 Å². The molecule has 3 heteroatoms. The fourth-order valence-corrected chi connectivity index (χ4v) is 2.00. The van der Waals surface area contributed by atoms with E-state index in [4.69, 9.17) is 0 Å². The van der Waals surface area contributed by atoms with Gasteiger partial charge in [-0.3, -0.25) is 4.68 Å². The number of nitrogens with zero attached hydrogens (tertiary/aromatic N) is 2. The van der Waals surface area contributed by atoms with Crippen molar-refractivity contribution >= 4 is 0 Å². The molecule has 1 N–H and O–H groups in total. The minimum atomic E-state index is 0.629. The maximum atomic E-state index is 4.19. The number of hydrogen-bond acceptors (Lipinski definition) is 2. The first kappa shape index (κ1) is 13.2. The first-order valence-electron chi connectivity index (χ1n) is 6.31. The van der Waals surface area contributed by atoms with Gasteiger partial charge in [-0.15, -0.1) is 0 Å². The predicted octanol–water partition coefficient (Wildman–Crippen LogP) is 2.38. The second kappa shape index (κ2) is 6.69. The quantitative estimate of drug-likeness (QED) is 0.769. The van der Waals surface area contributed by atoms with Crippen molar-refractivity contribution in [1.29, 1.82) is 0 Å². The van der Waals surface area contributed by atoms with Gasteiger partial charge in [0.25, 0.3) is 0 Å². The molecule has 2 atom stereocenters. The SMILES string of the molecule is CCC(C)CC(CCc1ccnn1C)NC. The van der Waals surface area contributed by atoms with Gasteiger partial charge in [-0.1, -0.05) is 20.3 Å². The van der Waals surface area contributed by atoms with Crippen LogP contribution in [0.3, 0.4) is 0 Å². The van der Waals surface area contributed by atoms with Crippen LogP contribution in [0.5, 0.6) is 0 Å². The van der Waals surface area contributed by atoms with Crippen LogP contribution in [0, 0.1) is 5.92 Å². The maximum absolute atomic E-state index is 4.19. The van der Waals surface area contributed by atoms with Gasteiger partial charge in [-0.2, -0.15) is 5.10 Å². The second-order valence-corrected chi connectivity index (χ2v) is 4.72. The Labute approximate surface area is 99.2 Å². The van der Waals surface area contributed by atoms with Gasteiger partial charge in [-0.05, 0) is 38.3 Å². The lowest BCUT2D eigenvalue weighted by Gasteiger charge is -2.19. The molecular weight excluding hydrogens is 198 g/mol. The van der Waals surface area contributed by atoms with Crippen molar-refractivity contribution in [2.24, 2.45) is 13.0 Å². The molecule has 92 valence electrons. The fourth-order valence-electron chi connectivity index (χ4n) is 2.00. The monoisotopic (exact) mass is 223 g/mol. The van der Waals surface area contributed by atoms with Crippen LogP contribution in [-0.4, -0.2) is 22.9 Å². The van der Waals surface area contributed by atoms with Crippen LogP contribution in [-0.2, 0) is 13.5 Å². The third kappa shape index (κ3) is 3.97. The molecule has 2 unspecified atom stereocenters. The molecule has 16 heavy (non-hydrogen) atoms. The Morgan fingerprint density at radius 2 is 2.25 bits per heavy atom. The molecule has 0 saturated heterocycles. The predicted molar refractivity (Wildman–Crippen MR) is 68.4 cm³/mol. The van der Waals surface area contributed by atoms with Crippen LogP contribution in [0.15, 0.2) is 12.3 Å². The molecule has 0 radical (unpaired) electrons.